The maximum atomic E-state index is 12.5. The van der Waals surface area contributed by atoms with Crippen molar-refractivity contribution in [1.82, 2.24) is 9.97 Å². The standard InChI is InChI=1S/C21H20N2O.C14H14N2O.C7H8/c1-15-18(13-12-16-7-3-2-4-8-16)23(21(15)24)19-11-5-9-17-10-6-14-22-20(17)19;1-3-10(2)14(17)16-12-8-4-6-11-7-5-9-15-13(11)12;1-7-5-3-2-4-6-7/h2-11,14-15,18H,12-13H2,1H3;3-10H,1H2,2H3,(H,16,17);2-6H,1H3. The van der Waals surface area contributed by atoms with Gasteiger partial charge in [-0.05, 0) is 49.6 Å². The normalized spacial score (nSPS) is 15.6. The van der Waals surface area contributed by atoms with Crippen LogP contribution in [0.2, 0.25) is 0 Å². The molecule has 6 nitrogen and oxygen atoms in total. The first-order valence-corrected chi connectivity index (χ1v) is 16.4. The molecule has 1 aliphatic rings. The third kappa shape index (κ3) is 8.20. The minimum atomic E-state index is -0.214. The predicted octanol–water partition coefficient (Wildman–Crippen LogP) is 9.21. The Bertz CT molecular complexity index is 1970. The van der Waals surface area contributed by atoms with E-state index in [1.54, 1.807) is 25.4 Å². The number of hydrogen-bond donors (Lipinski definition) is 1. The van der Waals surface area contributed by atoms with Crippen molar-refractivity contribution in [2.45, 2.75) is 39.7 Å². The fraction of sp³-hybridized carbons (Fsp3) is 0.190. The number of aromatic nitrogens is 2. The van der Waals surface area contributed by atoms with Gasteiger partial charge in [0, 0.05) is 29.2 Å². The lowest BCUT2D eigenvalue weighted by Gasteiger charge is -2.46. The Balaban J connectivity index is 0.000000163. The van der Waals surface area contributed by atoms with Gasteiger partial charge < -0.3 is 10.2 Å². The summed E-state index contributed by atoms with van der Waals surface area (Å²) >= 11 is 0. The first kappa shape index (κ1) is 33.7. The van der Waals surface area contributed by atoms with Gasteiger partial charge in [-0.15, -0.1) is 6.58 Å². The van der Waals surface area contributed by atoms with E-state index in [-0.39, 0.29) is 29.7 Å². The van der Waals surface area contributed by atoms with Gasteiger partial charge in [-0.2, -0.15) is 0 Å². The first-order valence-electron chi connectivity index (χ1n) is 16.4. The van der Waals surface area contributed by atoms with Crippen molar-refractivity contribution in [2.75, 3.05) is 10.2 Å². The topological polar surface area (TPSA) is 75.2 Å². The van der Waals surface area contributed by atoms with Crippen LogP contribution in [-0.2, 0) is 16.0 Å². The molecule has 0 bridgehead atoms. The van der Waals surface area contributed by atoms with Crippen molar-refractivity contribution in [3.05, 3.63) is 158 Å². The monoisotopic (exact) mass is 634 g/mol. The van der Waals surface area contributed by atoms with Crippen LogP contribution in [-0.4, -0.2) is 27.8 Å². The Kier molecular flexibility index (Phi) is 11.4. The number of benzene rings is 4. The molecule has 48 heavy (non-hydrogen) atoms. The fourth-order valence-electron chi connectivity index (χ4n) is 5.70. The van der Waals surface area contributed by atoms with Gasteiger partial charge in [0.15, 0.2) is 0 Å². The molecule has 0 radical (unpaired) electrons. The van der Waals surface area contributed by atoms with Gasteiger partial charge in [-0.3, -0.25) is 19.6 Å². The molecule has 3 atom stereocenters. The van der Waals surface area contributed by atoms with Gasteiger partial charge >= 0.3 is 0 Å². The molecule has 3 heterocycles. The van der Waals surface area contributed by atoms with Crippen LogP contribution in [0.5, 0.6) is 0 Å². The Morgan fingerprint density at radius 1 is 0.812 bits per heavy atom. The van der Waals surface area contributed by atoms with E-state index in [0.717, 1.165) is 46.0 Å². The van der Waals surface area contributed by atoms with Crippen LogP contribution in [0, 0.1) is 18.8 Å². The maximum Gasteiger partial charge on any atom is 0.232 e. The molecular formula is C42H42N4O2. The number of rotatable bonds is 7. The molecule has 1 saturated heterocycles. The number of anilines is 2. The summed E-state index contributed by atoms with van der Waals surface area (Å²) in [7, 11) is 0. The van der Waals surface area contributed by atoms with Crippen LogP contribution in [0.15, 0.2) is 146 Å². The quantitative estimate of drug-likeness (QED) is 0.140. The van der Waals surface area contributed by atoms with Gasteiger partial charge in [-0.25, -0.2) is 0 Å². The molecule has 0 aliphatic carbocycles. The van der Waals surface area contributed by atoms with Crippen molar-refractivity contribution in [3.63, 3.8) is 0 Å². The second-order valence-electron chi connectivity index (χ2n) is 12.0. The molecule has 0 spiro atoms. The van der Waals surface area contributed by atoms with Gasteiger partial charge in [0.1, 0.15) is 0 Å². The fourth-order valence-corrected chi connectivity index (χ4v) is 5.70. The minimum Gasteiger partial charge on any atom is -0.324 e. The average Bonchev–Trinajstić information content (AvgIpc) is 3.14. The Labute approximate surface area is 283 Å². The number of carbonyl (C=O) groups excluding carboxylic acids is 2. The van der Waals surface area contributed by atoms with Crippen molar-refractivity contribution in [2.24, 2.45) is 11.8 Å². The van der Waals surface area contributed by atoms with Crippen LogP contribution in [0.4, 0.5) is 11.4 Å². The molecule has 6 heteroatoms. The van der Waals surface area contributed by atoms with Gasteiger partial charge in [0.25, 0.3) is 0 Å². The van der Waals surface area contributed by atoms with Crippen LogP contribution in [0.1, 0.15) is 31.4 Å². The van der Waals surface area contributed by atoms with E-state index in [1.165, 1.54) is 11.1 Å². The molecule has 6 aromatic rings. The summed E-state index contributed by atoms with van der Waals surface area (Å²) in [5, 5.41) is 4.95. The highest BCUT2D eigenvalue weighted by Crippen LogP contribution is 2.38. The molecule has 2 aromatic heterocycles. The largest absolute Gasteiger partial charge is 0.324 e. The molecule has 2 amide bonds. The number of nitrogens with zero attached hydrogens (tertiary/aromatic N) is 3. The summed E-state index contributed by atoms with van der Waals surface area (Å²) in [5.41, 5.74) is 6.03. The second kappa shape index (κ2) is 16.3. The first-order chi connectivity index (χ1) is 23.4. The second-order valence-corrected chi connectivity index (χ2v) is 12.0. The van der Waals surface area contributed by atoms with Crippen LogP contribution in [0.3, 0.4) is 0 Å². The number of para-hydroxylation sites is 2. The average molecular weight is 635 g/mol. The molecule has 1 N–H and O–H groups in total. The number of amides is 2. The summed E-state index contributed by atoms with van der Waals surface area (Å²) in [5.74, 6) is -0.00832. The number of carbonyl (C=O) groups is 2. The van der Waals surface area contributed by atoms with E-state index in [1.807, 2.05) is 96.8 Å². The van der Waals surface area contributed by atoms with Crippen molar-refractivity contribution >= 4 is 45.0 Å². The molecule has 4 aromatic carbocycles. The molecule has 3 unspecified atom stereocenters. The summed E-state index contributed by atoms with van der Waals surface area (Å²) in [6.45, 7) is 9.53. The van der Waals surface area contributed by atoms with Crippen molar-refractivity contribution < 1.29 is 9.59 Å². The molecule has 0 saturated carbocycles. The zero-order valence-electron chi connectivity index (χ0n) is 27.8. The number of hydrogen-bond acceptors (Lipinski definition) is 4. The van der Waals surface area contributed by atoms with E-state index in [9.17, 15) is 9.59 Å². The molecule has 1 aliphatic heterocycles. The molecule has 242 valence electrons. The summed E-state index contributed by atoms with van der Waals surface area (Å²) < 4.78 is 0. The highest BCUT2D eigenvalue weighted by molar-refractivity contribution is 6.08. The van der Waals surface area contributed by atoms with Crippen molar-refractivity contribution in [3.8, 4) is 0 Å². The van der Waals surface area contributed by atoms with Gasteiger partial charge in [0.2, 0.25) is 11.8 Å². The molecular weight excluding hydrogens is 592 g/mol. The van der Waals surface area contributed by atoms with E-state index >= 15 is 0 Å². The highest BCUT2D eigenvalue weighted by atomic mass is 16.2. The van der Waals surface area contributed by atoms with Gasteiger partial charge in [-0.1, -0.05) is 123 Å². The summed E-state index contributed by atoms with van der Waals surface area (Å²) in [4.78, 5) is 35.0. The third-order valence-corrected chi connectivity index (χ3v) is 8.58. The van der Waals surface area contributed by atoms with E-state index in [4.69, 9.17) is 0 Å². The van der Waals surface area contributed by atoms with Crippen LogP contribution in [0.25, 0.3) is 21.8 Å². The SMILES string of the molecule is C=CC(C)C(=O)Nc1cccc2cccnc12.CC1C(=O)N(c2cccc3cccnc23)C1CCc1ccccc1.Cc1ccccc1. The van der Waals surface area contributed by atoms with E-state index in [0.29, 0.717) is 0 Å². The number of fused-ring (bicyclic) bond motifs is 2. The van der Waals surface area contributed by atoms with Crippen molar-refractivity contribution in [1.29, 1.82) is 0 Å². The van der Waals surface area contributed by atoms with E-state index < -0.39 is 0 Å². The molecule has 1 fully saturated rings. The number of nitrogens with one attached hydrogen (secondary N) is 1. The zero-order valence-corrected chi connectivity index (χ0v) is 27.8. The predicted molar refractivity (Wildman–Crippen MR) is 198 cm³/mol. The van der Waals surface area contributed by atoms with Crippen LogP contribution < -0.4 is 10.2 Å². The number of pyridine rings is 2. The lowest BCUT2D eigenvalue weighted by molar-refractivity contribution is -0.129. The number of aryl methyl sites for hydroxylation is 2. The molecule has 7 rings (SSSR count). The highest BCUT2D eigenvalue weighted by Gasteiger charge is 2.45. The number of β-lactam (4-membered cyclic amide) rings is 1. The zero-order chi connectivity index (χ0) is 33.9. The summed E-state index contributed by atoms with van der Waals surface area (Å²) in [6, 6.07) is 40.5. The van der Waals surface area contributed by atoms with E-state index in [2.05, 4.69) is 65.2 Å². The van der Waals surface area contributed by atoms with Gasteiger partial charge in [0.05, 0.1) is 34.2 Å². The summed E-state index contributed by atoms with van der Waals surface area (Å²) in [6.07, 6.45) is 7.08. The Morgan fingerprint density at radius 2 is 1.40 bits per heavy atom. The Morgan fingerprint density at radius 3 is 2.02 bits per heavy atom. The maximum absolute atomic E-state index is 12.5. The lowest BCUT2D eigenvalue weighted by Crippen LogP contribution is -2.60. The smallest absolute Gasteiger partial charge is 0.232 e. The minimum absolute atomic E-state index is 0.0712. The lowest BCUT2D eigenvalue weighted by atomic mass is 9.84. The Hall–Kier alpha value is -5.62. The third-order valence-electron chi connectivity index (χ3n) is 8.58. The van der Waals surface area contributed by atoms with Crippen LogP contribution >= 0.6 is 0 Å².